The van der Waals surface area contributed by atoms with Crippen molar-refractivity contribution in [2.24, 2.45) is 0 Å². The summed E-state index contributed by atoms with van der Waals surface area (Å²) in [7, 11) is 0. The van der Waals surface area contributed by atoms with Crippen molar-refractivity contribution in [3.63, 3.8) is 0 Å². The molecule has 5 N–H and O–H groups in total. The van der Waals surface area contributed by atoms with Gasteiger partial charge in [-0.25, -0.2) is 9.50 Å². The molecule has 1 unspecified atom stereocenters. The number of nitrogens with zero attached hydrogens (tertiary/aromatic N) is 6. The molecule has 14 heteroatoms. The molecular formula is C25H30ClN11O2. The van der Waals surface area contributed by atoms with E-state index in [-0.39, 0.29) is 5.91 Å². The lowest BCUT2D eigenvalue weighted by Gasteiger charge is -2.38. The van der Waals surface area contributed by atoms with Gasteiger partial charge in [-0.1, -0.05) is 11.6 Å². The second-order valence-electron chi connectivity index (χ2n) is 9.81. The van der Waals surface area contributed by atoms with Gasteiger partial charge in [0.15, 0.2) is 11.5 Å². The summed E-state index contributed by atoms with van der Waals surface area (Å²) in [5, 5.41) is 30.5. The van der Waals surface area contributed by atoms with Gasteiger partial charge in [0.2, 0.25) is 5.95 Å². The second-order valence-corrected chi connectivity index (χ2v) is 10.2. The Kier molecular flexibility index (Phi) is 7.02. The number of hydrogen-bond acceptors (Lipinski definition) is 11. The SMILES string of the molecule is N=Cc1cc(Nc2nc(NC3CC3)c3ncc(C=N)n3n2)c(Cl)c(N2CCN(C(=O)C3CNCCO3)CC2)c1. The van der Waals surface area contributed by atoms with Gasteiger partial charge >= 0.3 is 0 Å². The molecule has 39 heavy (non-hydrogen) atoms. The maximum absolute atomic E-state index is 12.9. The molecule has 3 aliphatic rings. The van der Waals surface area contributed by atoms with Crippen molar-refractivity contribution in [1.29, 1.82) is 10.8 Å². The first-order chi connectivity index (χ1) is 19.0. The Labute approximate surface area is 229 Å². The molecule has 1 saturated carbocycles. The van der Waals surface area contributed by atoms with E-state index in [0.717, 1.165) is 25.1 Å². The van der Waals surface area contributed by atoms with Gasteiger partial charge in [0.05, 0.1) is 29.2 Å². The third-order valence-corrected chi connectivity index (χ3v) is 7.48. The van der Waals surface area contributed by atoms with Gasteiger partial charge in [-0.2, -0.15) is 4.98 Å². The molecule has 1 aromatic carbocycles. The zero-order valence-corrected chi connectivity index (χ0v) is 22.0. The fourth-order valence-electron chi connectivity index (χ4n) is 4.82. The van der Waals surface area contributed by atoms with Crippen LogP contribution in [0, 0.1) is 10.8 Å². The van der Waals surface area contributed by atoms with E-state index in [1.54, 1.807) is 16.8 Å². The number of ether oxygens (including phenoxy) is 1. The molecule has 3 aromatic rings. The minimum absolute atomic E-state index is 0.00972. The lowest BCUT2D eigenvalue weighted by atomic mass is 10.1. The van der Waals surface area contributed by atoms with E-state index in [0.29, 0.717) is 84.8 Å². The summed E-state index contributed by atoms with van der Waals surface area (Å²) in [5.74, 6) is 0.884. The minimum atomic E-state index is -0.439. The zero-order chi connectivity index (χ0) is 26.9. The Bertz CT molecular complexity index is 1410. The number of aromatic nitrogens is 4. The van der Waals surface area contributed by atoms with Crippen LogP contribution in [0.1, 0.15) is 24.1 Å². The van der Waals surface area contributed by atoms with Crippen LogP contribution < -0.4 is 20.9 Å². The van der Waals surface area contributed by atoms with Crippen LogP contribution in [0.2, 0.25) is 5.02 Å². The molecule has 0 radical (unpaired) electrons. The van der Waals surface area contributed by atoms with Crippen LogP contribution in [0.5, 0.6) is 0 Å². The molecule has 4 heterocycles. The number of morpholine rings is 1. The zero-order valence-electron chi connectivity index (χ0n) is 21.3. The number of nitrogens with one attached hydrogen (secondary N) is 5. The first kappa shape index (κ1) is 25.5. The molecule has 1 aliphatic carbocycles. The van der Waals surface area contributed by atoms with E-state index < -0.39 is 6.10 Å². The lowest BCUT2D eigenvalue weighted by Crippen LogP contribution is -2.55. The van der Waals surface area contributed by atoms with E-state index in [1.165, 1.54) is 12.4 Å². The average Bonchev–Trinajstić information content (AvgIpc) is 3.70. The van der Waals surface area contributed by atoms with Gasteiger partial charge in [0, 0.05) is 57.7 Å². The highest BCUT2D eigenvalue weighted by Gasteiger charge is 2.30. The average molecular weight is 552 g/mol. The summed E-state index contributed by atoms with van der Waals surface area (Å²) in [4.78, 5) is 25.9. The van der Waals surface area contributed by atoms with Gasteiger partial charge in [-0.3, -0.25) is 4.79 Å². The number of carbonyl (C=O) groups is 1. The maximum Gasteiger partial charge on any atom is 0.253 e. The summed E-state index contributed by atoms with van der Waals surface area (Å²) < 4.78 is 7.21. The molecule has 1 amide bonds. The monoisotopic (exact) mass is 551 g/mol. The molecular weight excluding hydrogens is 522 g/mol. The molecule has 0 bridgehead atoms. The van der Waals surface area contributed by atoms with Crippen LogP contribution in [0.3, 0.4) is 0 Å². The fraction of sp³-hybridized carbons (Fsp3) is 0.440. The van der Waals surface area contributed by atoms with E-state index in [2.05, 4.69) is 35.9 Å². The number of amides is 1. The van der Waals surface area contributed by atoms with Crippen molar-refractivity contribution < 1.29 is 9.53 Å². The quantitative estimate of drug-likeness (QED) is 0.263. The Morgan fingerprint density at radius 2 is 2.00 bits per heavy atom. The van der Waals surface area contributed by atoms with Crippen LogP contribution in [0.15, 0.2) is 18.3 Å². The largest absolute Gasteiger partial charge is 0.367 e. The Morgan fingerprint density at radius 1 is 1.18 bits per heavy atom. The highest BCUT2D eigenvalue weighted by molar-refractivity contribution is 6.36. The predicted octanol–water partition coefficient (Wildman–Crippen LogP) is 1.73. The van der Waals surface area contributed by atoms with Gasteiger partial charge in [0.1, 0.15) is 11.8 Å². The van der Waals surface area contributed by atoms with Crippen molar-refractivity contribution in [2.75, 3.05) is 61.4 Å². The van der Waals surface area contributed by atoms with E-state index in [1.807, 2.05) is 11.0 Å². The molecule has 2 aliphatic heterocycles. The Hall–Kier alpha value is -3.81. The number of rotatable bonds is 8. The number of hydrogen-bond donors (Lipinski definition) is 5. The van der Waals surface area contributed by atoms with Crippen LogP contribution in [0.4, 0.5) is 23.1 Å². The first-order valence-corrected chi connectivity index (χ1v) is 13.4. The summed E-state index contributed by atoms with van der Waals surface area (Å²) >= 11 is 6.92. The van der Waals surface area contributed by atoms with Crippen molar-refractivity contribution in [3.05, 3.63) is 34.6 Å². The number of benzene rings is 1. The van der Waals surface area contributed by atoms with Gasteiger partial charge < -0.3 is 41.3 Å². The number of fused-ring (bicyclic) bond motifs is 1. The third kappa shape index (κ3) is 5.24. The molecule has 204 valence electrons. The Morgan fingerprint density at radius 3 is 2.69 bits per heavy atom. The van der Waals surface area contributed by atoms with Gasteiger partial charge in [-0.15, -0.1) is 5.10 Å². The summed E-state index contributed by atoms with van der Waals surface area (Å²) in [6.45, 7) is 4.14. The predicted molar refractivity (Wildman–Crippen MR) is 149 cm³/mol. The van der Waals surface area contributed by atoms with Crippen molar-refractivity contribution in [2.45, 2.75) is 25.0 Å². The highest BCUT2D eigenvalue weighted by atomic mass is 35.5. The van der Waals surface area contributed by atoms with Crippen LogP contribution in [-0.4, -0.2) is 101 Å². The summed E-state index contributed by atoms with van der Waals surface area (Å²) in [5.41, 5.74) is 3.06. The van der Waals surface area contributed by atoms with Crippen molar-refractivity contribution in [3.8, 4) is 0 Å². The van der Waals surface area contributed by atoms with Gasteiger partial charge in [-0.05, 0) is 30.5 Å². The van der Waals surface area contributed by atoms with Gasteiger partial charge in [0.25, 0.3) is 5.91 Å². The Balaban J connectivity index is 1.24. The first-order valence-electron chi connectivity index (χ1n) is 13.0. The third-order valence-electron chi connectivity index (χ3n) is 7.08. The summed E-state index contributed by atoms with van der Waals surface area (Å²) in [6.07, 6.45) is 5.74. The molecule has 0 spiro atoms. The highest BCUT2D eigenvalue weighted by Crippen LogP contribution is 2.36. The number of imidazole rings is 1. The standard InChI is InChI=1S/C25H30ClN11O2/c26-21-18(32-25-33-22(31-16-1-2-16)23-30-13-17(12-28)37(23)34-25)9-15(11-27)10-19(21)35-4-6-36(7-5-35)24(38)20-14-29-3-8-39-20/h9-13,16,20,27-29H,1-8,14H2,(H2,31,32,33,34). The van der Waals surface area contributed by atoms with Crippen LogP contribution >= 0.6 is 11.6 Å². The normalized spacial score (nSPS) is 19.7. The molecule has 2 saturated heterocycles. The topological polar surface area (TPSA) is 160 Å². The summed E-state index contributed by atoms with van der Waals surface area (Å²) in [6, 6.07) is 4.00. The molecule has 13 nitrogen and oxygen atoms in total. The molecule has 3 fully saturated rings. The van der Waals surface area contributed by atoms with Crippen LogP contribution in [0.25, 0.3) is 5.65 Å². The lowest BCUT2D eigenvalue weighted by molar-refractivity contribution is -0.145. The minimum Gasteiger partial charge on any atom is -0.367 e. The van der Waals surface area contributed by atoms with E-state index in [4.69, 9.17) is 27.2 Å². The number of carbonyl (C=O) groups excluding carboxylic acids is 1. The number of piperazine rings is 1. The maximum atomic E-state index is 12.9. The molecule has 1 atom stereocenters. The van der Waals surface area contributed by atoms with E-state index >= 15 is 0 Å². The second kappa shape index (κ2) is 10.8. The number of anilines is 4. The fourth-order valence-corrected chi connectivity index (χ4v) is 5.09. The van der Waals surface area contributed by atoms with Crippen molar-refractivity contribution >= 4 is 58.7 Å². The van der Waals surface area contributed by atoms with E-state index in [9.17, 15) is 4.79 Å². The molecule has 2 aromatic heterocycles. The van der Waals surface area contributed by atoms with Crippen LogP contribution in [-0.2, 0) is 9.53 Å². The molecule has 6 rings (SSSR count). The van der Waals surface area contributed by atoms with Crippen molar-refractivity contribution in [1.82, 2.24) is 29.8 Å². The smallest absolute Gasteiger partial charge is 0.253 e. The number of halogens is 1.